The minimum absolute atomic E-state index is 0.00466. The standard InChI is InChI=1S/C23H37FO5/c1-15(18-8-9-22(28-4)21(24)13-18)6-5-7-16(2)29-20-11-17(12-23(25)26)10-19(14-20)27-3/h9-10,15-18,20-21H,5-8,11-14H2,1-4H3,(H,25,26). The van der Waals surface area contributed by atoms with Crippen LogP contribution < -0.4 is 0 Å². The second kappa shape index (κ2) is 11.6. The summed E-state index contributed by atoms with van der Waals surface area (Å²) in [6.45, 7) is 4.29. The van der Waals surface area contributed by atoms with Gasteiger partial charge in [0.25, 0.3) is 0 Å². The molecule has 0 fully saturated rings. The summed E-state index contributed by atoms with van der Waals surface area (Å²) in [6.07, 6.45) is 8.94. The van der Waals surface area contributed by atoms with E-state index in [1.165, 1.54) is 7.11 Å². The normalized spacial score (nSPS) is 29.4. The Morgan fingerprint density at radius 1 is 1.24 bits per heavy atom. The quantitative estimate of drug-likeness (QED) is 0.501. The molecule has 0 aliphatic heterocycles. The Hall–Kier alpha value is -1.56. The lowest BCUT2D eigenvalue weighted by molar-refractivity contribution is -0.138. The molecule has 2 aliphatic rings. The smallest absolute Gasteiger partial charge is 0.303 e. The van der Waals surface area contributed by atoms with Crippen LogP contribution in [0.15, 0.2) is 23.7 Å². The van der Waals surface area contributed by atoms with Crippen LogP contribution in [0, 0.1) is 17.8 Å². The Balaban J connectivity index is 1.72. The molecule has 2 rings (SSSR count). The summed E-state index contributed by atoms with van der Waals surface area (Å²) >= 11 is 0. The third-order valence-electron chi connectivity index (χ3n) is 6.29. The van der Waals surface area contributed by atoms with E-state index in [0.717, 1.165) is 31.4 Å². The van der Waals surface area contributed by atoms with E-state index in [1.807, 2.05) is 12.2 Å². The lowest BCUT2D eigenvalue weighted by Crippen LogP contribution is -2.28. The molecule has 0 aromatic rings. The molecule has 0 saturated heterocycles. The van der Waals surface area contributed by atoms with Crippen LogP contribution in [0.2, 0.25) is 0 Å². The fourth-order valence-electron chi connectivity index (χ4n) is 4.57. The number of ether oxygens (including phenoxy) is 3. The SMILES string of the molecule is COC1=CC(CC(=O)O)CC(OC(C)CCCC(C)C2CC=C(OC)C(F)C2)C1. The molecule has 166 valence electrons. The van der Waals surface area contributed by atoms with Gasteiger partial charge in [0.1, 0.15) is 5.76 Å². The second-order valence-corrected chi connectivity index (χ2v) is 8.62. The maximum atomic E-state index is 14.1. The number of hydrogen-bond acceptors (Lipinski definition) is 4. The number of alkyl halides is 1. The highest BCUT2D eigenvalue weighted by Gasteiger charge is 2.29. The van der Waals surface area contributed by atoms with Gasteiger partial charge >= 0.3 is 5.97 Å². The largest absolute Gasteiger partial charge is 0.501 e. The molecule has 0 saturated carbocycles. The molecule has 0 spiro atoms. The molecule has 1 N–H and O–H groups in total. The number of carbonyl (C=O) groups is 1. The maximum Gasteiger partial charge on any atom is 0.303 e. The first kappa shape index (κ1) is 23.7. The van der Waals surface area contributed by atoms with Crippen molar-refractivity contribution in [3.8, 4) is 0 Å². The molecule has 29 heavy (non-hydrogen) atoms. The molecular formula is C23H37FO5. The molecular weight excluding hydrogens is 375 g/mol. The van der Waals surface area contributed by atoms with Crippen molar-refractivity contribution in [3.05, 3.63) is 23.7 Å². The number of carboxylic acid groups (broad SMARTS) is 1. The van der Waals surface area contributed by atoms with Crippen molar-refractivity contribution in [3.63, 3.8) is 0 Å². The zero-order valence-electron chi connectivity index (χ0n) is 18.2. The molecule has 0 aromatic carbocycles. The van der Waals surface area contributed by atoms with Crippen molar-refractivity contribution >= 4 is 5.97 Å². The number of rotatable bonds is 11. The van der Waals surface area contributed by atoms with E-state index in [9.17, 15) is 9.18 Å². The molecule has 6 heteroatoms. The topological polar surface area (TPSA) is 65.0 Å². The van der Waals surface area contributed by atoms with Crippen LogP contribution in [-0.4, -0.2) is 43.7 Å². The highest BCUT2D eigenvalue weighted by molar-refractivity contribution is 5.67. The lowest BCUT2D eigenvalue weighted by atomic mass is 9.80. The first-order valence-electron chi connectivity index (χ1n) is 10.8. The van der Waals surface area contributed by atoms with E-state index in [4.69, 9.17) is 19.3 Å². The van der Waals surface area contributed by atoms with E-state index < -0.39 is 12.1 Å². The van der Waals surface area contributed by atoms with Crippen LogP contribution in [0.1, 0.15) is 65.2 Å². The molecule has 0 bridgehead atoms. The average Bonchev–Trinajstić information content (AvgIpc) is 2.66. The zero-order valence-corrected chi connectivity index (χ0v) is 18.2. The van der Waals surface area contributed by atoms with Gasteiger partial charge in [-0.3, -0.25) is 4.79 Å². The van der Waals surface area contributed by atoms with Gasteiger partial charge in [-0.2, -0.15) is 0 Å². The zero-order chi connectivity index (χ0) is 21.4. The first-order valence-corrected chi connectivity index (χ1v) is 10.8. The van der Waals surface area contributed by atoms with E-state index in [0.29, 0.717) is 36.9 Å². The monoisotopic (exact) mass is 412 g/mol. The van der Waals surface area contributed by atoms with Crippen LogP contribution in [0.5, 0.6) is 0 Å². The van der Waals surface area contributed by atoms with Crippen LogP contribution in [0.25, 0.3) is 0 Å². The lowest BCUT2D eigenvalue weighted by Gasteiger charge is -2.30. The molecule has 0 aromatic heterocycles. The average molecular weight is 413 g/mol. The Morgan fingerprint density at radius 3 is 2.62 bits per heavy atom. The predicted octanol–water partition coefficient (Wildman–Crippen LogP) is 5.26. The third kappa shape index (κ3) is 7.65. The molecule has 0 amide bonds. The number of methoxy groups -OCH3 is 2. The summed E-state index contributed by atoms with van der Waals surface area (Å²) < 4.78 is 30.7. The molecule has 2 aliphatic carbocycles. The Bertz CT molecular complexity index is 588. The Kier molecular flexibility index (Phi) is 9.47. The molecule has 0 radical (unpaired) electrons. The van der Waals surface area contributed by atoms with Gasteiger partial charge in [-0.25, -0.2) is 4.39 Å². The van der Waals surface area contributed by atoms with Gasteiger partial charge in [-0.15, -0.1) is 0 Å². The van der Waals surface area contributed by atoms with Crippen LogP contribution in [0.3, 0.4) is 0 Å². The molecule has 5 nitrogen and oxygen atoms in total. The highest BCUT2D eigenvalue weighted by Crippen LogP contribution is 2.34. The molecule has 6 atom stereocenters. The van der Waals surface area contributed by atoms with E-state index in [-0.39, 0.29) is 24.5 Å². The minimum atomic E-state index is -0.975. The highest BCUT2D eigenvalue weighted by atomic mass is 19.1. The van der Waals surface area contributed by atoms with Crippen molar-refractivity contribution in [2.24, 2.45) is 17.8 Å². The van der Waals surface area contributed by atoms with Gasteiger partial charge in [-0.1, -0.05) is 19.8 Å². The summed E-state index contributed by atoms with van der Waals surface area (Å²) in [7, 11) is 3.15. The van der Waals surface area contributed by atoms with Crippen molar-refractivity contribution in [2.45, 2.75) is 83.6 Å². The molecule has 0 heterocycles. The fourth-order valence-corrected chi connectivity index (χ4v) is 4.57. The van der Waals surface area contributed by atoms with Crippen molar-refractivity contribution < 1.29 is 28.5 Å². The molecule has 6 unspecified atom stereocenters. The van der Waals surface area contributed by atoms with Crippen molar-refractivity contribution in [1.29, 1.82) is 0 Å². The van der Waals surface area contributed by atoms with Crippen molar-refractivity contribution in [1.82, 2.24) is 0 Å². The maximum absolute atomic E-state index is 14.1. The number of carboxylic acids is 1. The van der Waals surface area contributed by atoms with Crippen LogP contribution in [0.4, 0.5) is 4.39 Å². The summed E-state index contributed by atoms with van der Waals surface area (Å²) in [5, 5.41) is 9.07. The second-order valence-electron chi connectivity index (χ2n) is 8.62. The summed E-state index contributed by atoms with van der Waals surface area (Å²) in [5.41, 5.74) is 0. The minimum Gasteiger partial charge on any atom is -0.501 e. The fraction of sp³-hybridized carbons (Fsp3) is 0.783. The summed E-state index contributed by atoms with van der Waals surface area (Å²) in [4.78, 5) is 11.0. The number of allylic oxidation sites excluding steroid dienone is 3. The number of aliphatic carboxylic acids is 1. The van der Waals surface area contributed by atoms with Gasteiger partial charge in [0.05, 0.1) is 38.6 Å². The van der Waals surface area contributed by atoms with E-state index >= 15 is 0 Å². The van der Waals surface area contributed by atoms with Gasteiger partial charge in [0.2, 0.25) is 0 Å². The van der Waals surface area contributed by atoms with Crippen LogP contribution in [-0.2, 0) is 19.0 Å². The van der Waals surface area contributed by atoms with Gasteiger partial charge in [0, 0.05) is 6.42 Å². The summed E-state index contributed by atoms with van der Waals surface area (Å²) in [6, 6.07) is 0. The van der Waals surface area contributed by atoms with Gasteiger partial charge < -0.3 is 19.3 Å². The van der Waals surface area contributed by atoms with Crippen molar-refractivity contribution in [2.75, 3.05) is 14.2 Å². The van der Waals surface area contributed by atoms with Crippen LogP contribution >= 0.6 is 0 Å². The first-order chi connectivity index (χ1) is 13.8. The Morgan fingerprint density at radius 2 is 2.00 bits per heavy atom. The summed E-state index contributed by atoms with van der Waals surface area (Å²) in [5.74, 6) is 1.29. The van der Waals surface area contributed by atoms with E-state index in [1.54, 1.807) is 7.11 Å². The van der Waals surface area contributed by atoms with Gasteiger partial charge in [0.15, 0.2) is 6.17 Å². The van der Waals surface area contributed by atoms with Gasteiger partial charge in [-0.05, 0) is 62.5 Å². The van der Waals surface area contributed by atoms with E-state index in [2.05, 4.69) is 13.8 Å². The number of hydrogen-bond donors (Lipinski definition) is 1. The number of halogens is 1. The Labute approximate surface area is 174 Å². The third-order valence-corrected chi connectivity index (χ3v) is 6.29. The predicted molar refractivity (Wildman–Crippen MR) is 110 cm³/mol.